The van der Waals surface area contributed by atoms with Gasteiger partial charge >= 0.3 is 5.97 Å². The first-order chi connectivity index (χ1) is 7.81. The molecule has 1 heterocycles. The topological polar surface area (TPSA) is 52.1 Å². The van der Waals surface area contributed by atoms with Crippen molar-refractivity contribution in [2.75, 3.05) is 7.11 Å². The molecule has 0 aliphatic carbocycles. The van der Waals surface area contributed by atoms with E-state index < -0.39 is 5.97 Å². The summed E-state index contributed by atoms with van der Waals surface area (Å²) in [6.45, 7) is 0. The number of esters is 1. The number of methoxy groups -OCH3 is 1. The Balaban J connectivity index is 2.30. The number of aromatic nitrogens is 2. The molecular formula is C12H10N2O2. The van der Waals surface area contributed by atoms with E-state index >= 15 is 0 Å². The van der Waals surface area contributed by atoms with Crippen LogP contribution in [0.15, 0.2) is 42.5 Å². The van der Waals surface area contributed by atoms with Crippen LogP contribution < -0.4 is 0 Å². The third-order valence-electron chi connectivity index (χ3n) is 2.13. The molecule has 2 aromatic rings. The smallest absolute Gasteiger partial charge is 0.358 e. The van der Waals surface area contributed by atoms with Crippen LogP contribution in [0.5, 0.6) is 0 Å². The minimum Gasteiger partial charge on any atom is -0.464 e. The Morgan fingerprint density at radius 2 is 1.81 bits per heavy atom. The van der Waals surface area contributed by atoms with Gasteiger partial charge in [-0.1, -0.05) is 30.3 Å². The molecule has 16 heavy (non-hydrogen) atoms. The lowest BCUT2D eigenvalue weighted by molar-refractivity contribution is 0.0593. The molecule has 4 heteroatoms. The predicted octanol–water partition coefficient (Wildman–Crippen LogP) is 1.93. The van der Waals surface area contributed by atoms with E-state index in [0.29, 0.717) is 0 Å². The molecule has 0 saturated heterocycles. The Morgan fingerprint density at radius 1 is 1.06 bits per heavy atom. The van der Waals surface area contributed by atoms with Gasteiger partial charge < -0.3 is 4.74 Å². The second-order valence-corrected chi connectivity index (χ2v) is 3.16. The summed E-state index contributed by atoms with van der Waals surface area (Å²) in [5, 5.41) is 7.77. The molecule has 0 unspecified atom stereocenters. The quantitative estimate of drug-likeness (QED) is 0.717. The highest BCUT2D eigenvalue weighted by atomic mass is 16.5. The maximum Gasteiger partial charge on any atom is 0.358 e. The number of carbonyl (C=O) groups excluding carboxylic acids is 1. The molecule has 0 N–H and O–H groups in total. The van der Waals surface area contributed by atoms with Crippen LogP contribution in [-0.2, 0) is 4.74 Å². The average Bonchev–Trinajstić information content (AvgIpc) is 2.39. The highest BCUT2D eigenvalue weighted by Crippen LogP contribution is 2.14. The van der Waals surface area contributed by atoms with Gasteiger partial charge in [0.1, 0.15) is 0 Å². The molecule has 80 valence electrons. The van der Waals surface area contributed by atoms with Crippen molar-refractivity contribution in [3.8, 4) is 11.3 Å². The fourth-order valence-corrected chi connectivity index (χ4v) is 1.31. The zero-order valence-corrected chi connectivity index (χ0v) is 8.75. The fraction of sp³-hybridized carbons (Fsp3) is 0.0833. The van der Waals surface area contributed by atoms with Crippen LogP contribution in [0.2, 0.25) is 0 Å². The number of nitrogens with zero attached hydrogens (tertiary/aromatic N) is 2. The first kappa shape index (κ1) is 10.3. The van der Waals surface area contributed by atoms with Gasteiger partial charge in [0.2, 0.25) is 0 Å². The number of hydrogen-bond donors (Lipinski definition) is 0. The molecule has 0 fully saturated rings. The van der Waals surface area contributed by atoms with Crippen molar-refractivity contribution in [3.05, 3.63) is 48.2 Å². The van der Waals surface area contributed by atoms with Crippen molar-refractivity contribution >= 4 is 5.97 Å². The molecule has 0 bridgehead atoms. The zero-order chi connectivity index (χ0) is 11.4. The van der Waals surface area contributed by atoms with E-state index in [1.807, 2.05) is 30.3 Å². The largest absolute Gasteiger partial charge is 0.464 e. The van der Waals surface area contributed by atoms with Crippen LogP contribution in [0.4, 0.5) is 0 Å². The third kappa shape index (κ3) is 2.06. The Bertz CT molecular complexity index is 480. The van der Waals surface area contributed by atoms with E-state index in [1.165, 1.54) is 7.11 Å². The normalized spacial score (nSPS) is 9.81. The van der Waals surface area contributed by atoms with E-state index in [1.54, 1.807) is 12.1 Å². The molecule has 0 aliphatic heterocycles. The standard InChI is InChI=1S/C12H10N2O2/c1-16-12(15)11-8-7-10(13-14-11)9-5-3-2-4-6-9/h2-8H,1H3. The summed E-state index contributed by atoms with van der Waals surface area (Å²) in [7, 11) is 1.31. The first-order valence-corrected chi connectivity index (χ1v) is 4.79. The number of benzene rings is 1. The lowest BCUT2D eigenvalue weighted by Gasteiger charge is -2.00. The summed E-state index contributed by atoms with van der Waals surface area (Å²) in [5.74, 6) is -0.480. The Labute approximate surface area is 92.9 Å². The van der Waals surface area contributed by atoms with E-state index in [9.17, 15) is 4.79 Å². The van der Waals surface area contributed by atoms with Crippen molar-refractivity contribution in [2.45, 2.75) is 0 Å². The molecular weight excluding hydrogens is 204 g/mol. The third-order valence-corrected chi connectivity index (χ3v) is 2.13. The lowest BCUT2D eigenvalue weighted by Crippen LogP contribution is -2.05. The monoisotopic (exact) mass is 214 g/mol. The van der Waals surface area contributed by atoms with Crippen molar-refractivity contribution in [1.29, 1.82) is 0 Å². The molecule has 0 aliphatic rings. The van der Waals surface area contributed by atoms with Gasteiger partial charge in [0.05, 0.1) is 12.8 Å². The van der Waals surface area contributed by atoms with Gasteiger partial charge in [0.25, 0.3) is 0 Å². The van der Waals surface area contributed by atoms with E-state index in [2.05, 4.69) is 14.9 Å². The number of rotatable bonds is 2. The predicted molar refractivity (Wildman–Crippen MR) is 58.8 cm³/mol. The molecule has 0 saturated carbocycles. The van der Waals surface area contributed by atoms with Crippen LogP contribution in [0, 0.1) is 0 Å². The van der Waals surface area contributed by atoms with Crippen molar-refractivity contribution < 1.29 is 9.53 Å². The second-order valence-electron chi connectivity index (χ2n) is 3.16. The zero-order valence-electron chi connectivity index (χ0n) is 8.75. The maximum atomic E-state index is 11.1. The summed E-state index contributed by atoms with van der Waals surface area (Å²) in [4.78, 5) is 11.1. The first-order valence-electron chi connectivity index (χ1n) is 4.79. The van der Waals surface area contributed by atoms with Gasteiger partial charge in [-0.15, -0.1) is 10.2 Å². The van der Waals surface area contributed by atoms with Crippen LogP contribution >= 0.6 is 0 Å². The van der Waals surface area contributed by atoms with Gasteiger partial charge in [-0.3, -0.25) is 0 Å². The highest BCUT2D eigenvalue weighted by molar-refractivity contribution is 5.87. The molecule has 0 radical (unpaired) electrons. The van der Waals surface area contributed by atoms with Crippen molar-refractivity contribution in [3.63, 3.8) is 0 Å². The van der Waals surface area contributed by atoms with E-state index in [0.717, 1.165) is 11.3 Å². The summed E-state index contributed by atoms with van der Waals surface area (Å²) < 4.78 is 4.54. The lowest BCUT2D eigenvalue weighted by atomic mass is 10.1. The molecule has 2 rings (SSSR count). The number of ether oxygens (including phenoxy) is 1. The molecule has 0 amide bonds. The van der Waals surface area contributed by atoms with Crippen molar-refractivity contribution in [1.82, 2.24) is 10.2 Å². The van der Waals surface area contributed by atoms with Gasteiger partial charge in [0, 0.05) is 5.56 Å². The minimum atomic E-state index is -0.480. The summed E-state index contributed by atoms with van der Waals surface area (Å²) in [6.07, 6.45) is 0. The van der Waals surface area contributed by atoms with Crippen LogP contribution in [0.25, 0.3) is 11.3 Å². The SMILES string of the molecule is COC(=O)c1ccc(-c2ccccc2)nn1. The Hall–Kier alpha value is -2.23. The highest BCUT2D eigenvalue weighted by Gasteiger charge is 2.07. The number of hydrogen-bond acceptors (Lipinski definition) is 4. The van der Waals surface area contributed by atoms with Crippen molar-refractivity contribution in [2.24, 2.45) is 0 Å². The van der Waals surface area contributed by atoms with E-state index in [4.69, 9.17) is 0 Å². The van der Waals surface area contributed by atoms with Crippen LogP contribution in [-0.4, -0.2) is 23.3 Å². The van der Waals surface area contributed by atoms with E-state index in [-0.39, 0.29) is 5.69 Å². The minimum absolute atomic E-state index is 0.210. The Morgan fingerprint density at radius 3 is 2.38 bits per heavy atom. The average molecular weight is 214 g/mol. The molecule has 1 aromatic heterocycles. The van der Waals surface area contributed by atoms with Crippen LogP contribution in [0.3, 0.4) is 0 Å². The van der Waals surface area contributed by atoms with Gasteiger partial charge in [-0.25, -0.2) is 4.79 Å². The maximum absolute atomic E-state index is 11.1. The molecule has 0 atom stereocenters. The van der Waals surface area contributed by atoms with Gasteiger partial charge in [-0.2, -0.15) is 0 Å². The van der Waals surface area contributed by atoms with Gasteiger partial charge in [0.15, 0.2) is 5.69 Å². The summed E-state index contributed by atoms with van der Waals surface area (Å²) in [6, 6.07) is 13.0. The van der Waals surface area contributed by atoms with Crippen LogP contribution in [0.1, 0.15) is 10.5 Å². The molecule has 1 aromatic carbocycles. The summed E-state index contributed by atoms with van der Waals surface area (Å²) >= 11 is 0. The summed E-state index contributed by atoms with van der Waals surface area (Å²) in [5.41, 5.74) is 1.90. The number of carbonyl (C=O) groups is 1. The molecule has 4 nitrogen and oxygen atoms in total. The fourth-order valence-electron chi connectivity index (χ4n) is 1.31. The molecule has 0 spiro atoms. The second kappa shape index (κ2) is 4.53. The van der Waals surface area contributed by atoms with Gasteiger partial charge in [-0.05, 0) is 12.1 Å². The Kier molecular flexibility index (Phi) is 2.91.